The Morgan fingerprint density at radius 3 is 1.39 bits per heavy atom. The summed E-state index contributed by atoms with van der Waals surface area (Å²) in [6, 6.07) is 32.8. The van der Waals surface area contributed by atoms with Crippen LogP contribution in [0.3, 0.4) is 0 Å². The van der Waals surface area contributed by atoms with Crippen LogP contribution >= 0.6 is 0 Å². The number of furan rings is 1. The molecule has 2 nitrogen and oxygen atoms in total. The molecule has 10 heteroatoms. The summed E-state index contributed by atoms with van der Waals surface area (Å²) in [4.78, 5) is 0. The van der Waals surface area contributed by atoms with Crippen molar-refractivity contribution < 1.29 is 4.42 Å². The van der Waals surface area contributed by atoms with Crippen molar-refractivity contribution >= 4 is 150 Å². The summed E-state index contributed by atoms with van der Waals surface area (Å²) in [5.41, 5.74) is 21.6. The number of hydrogen-bond acceptors (Lipinski definition) is 1. The van der Waals surface area contributed by atoms with Gasteiger partial charge in [-0.25, -0.2) is 0 Å². The third-order valence-electron chi connectivity index (χ3n) is 11.1. The van der Waals surface area contributed by atoms with Crippen LogP contribution in [0.25, 0.3) is 71.7 Å². The molecular formula is C36H31B8NO. The molecule has 2 heterocycles. The van der Waals surface area contributed by atoms with E-state index in [2.05, 4.69) is 146 Å². The fourth-order valence-corrected chi connectivity index (χ4v) is 7.69. The highest BCUT2D eigenvalue weighted by Gasteiger charge is 2.23. The first kappa shape index (κ1) is 28.9. The Morgan fingerprint density at radius 1 is 0.391 bits per heavy atom. The number of rotatable bonds is 3. The lowest BCUT2D eigenvalue weighted by atomic mass is 9.63. The van der Waals surface area contributed by atoms with Gasteiger partial charge in [-0.15, -0.1) is 10.9 Å². The maximum atomic E-state index is 6.05. The molecule has 0 fully saturated rings. The van der Waals surface area contributed by atoms with E-state index in [4.69, 9.17) is 4.42 Å². The summed E-state index contributed by atoms with van der Waals surface area (Å²) in [6.07, 6.45) is 0. The number of fused-ring (bicyclic) bond motifs is 6. The summed E-state index contributed by atoms with van der Waals surface area (Å²) in [5.74, 6) is 0. The molecule has 210 valence electrons. The molecule has 0 aliphatic rings. The van der Waals surface area contributed by atoms with Crippen molar-refractivity contribution in [3.05, 3.63) is 91.0 Å². The Hall–Kier alpha value is -4.56. The Labute approximate surface area is 277 Å². The minimum absolute atomic E-state index is 0.927. The van der Waals surface area contributed by atoms with Gasteiger partial charge in [-0.05, 0) is 63.4 Å². The zero-order valence-electron chi connectivity index (χ0n) is 28.0. The van der Waals surface area contributed by atoms with E-state index in [9.17, 15) is 0 Å². The number of para-hydroxylation sites is 1. The highest BCUT2D eigenvalue weighted by atomic mass is 16.3. The van der Waals surface area contributed by atoms with E-state index >= 15 is 0 Å². The molecule has 0 N–H and O–H groups in total. The number of nitrogens with zero attached hydrogens (tertiary/aromatic N) is 1. The first-order valence-corrected chi connectivity index (χ1v) is 16.3. The van der Waals surface area contributed by atoms with Crippen LogP contribution in [0.4, 0.5) is 0 Å². The molecule has 0 unspecified atom stereocenters. The van der Waals surface area contributed by atoms with Crippen LogP contribution < -0.4 is 43.7 Å². The molecule has 6 aromatic carbocycles. The average molecular weight is 580 g/mol. The second-order valence-corrected chi connectivity index (χ2v) is 13.2. The molecule has 0 radical (unpaired) electrons. The van der Waals surface area contributed by atoms with Crippen molar-refractivity contribution in [3.8, 4) is 27.9 Å². The lowest BCUT2D eigenvalue weighted by Gasteiger charge is -2.17. The SMILES string of the molecule is Bc1c(B)c(B)c2c(c1B)c1c(B)c(B)c(B)c(B)c1n2-c1ccc(-c2ccc(-c3ccc4oc5ccccc5c4c3)cc2)cc1. The van der Waals surface area contributed by atoms with E-state index in [-0.39, 0.29) is 0 Å². The van der Waals surface area contributed by atoms with Crippen molar-refractivity contribution in [2.24, 2.45) is 0 Å². The van der Waals surface area contributed by atoms with Gasteiger partial charge in [0.2, 0.25) is 0 Å². The van der Waals surface area contributed by atoms with E-state index < -0.39 is 0 Å². The second-order valence-electron chi connectivity index (χ2n) is 13.2. The van der Waals surface area contributed by atoms with Crippen LogP contribution in [-0.4, -0.2) is 67.3 Å². The molecule has 46 heavy (non-hydrogen) atoms. The van der Waals surface area contributed by atoms with Crippen LogP contribution in [0.5, 0.6) is 0 Å². The van der Waals surface area contributed by atoms with Gasteiger partial charge < -0.3 is 8.98 Å². The summed E-state index contributed by atoms with van der Waals surface area (Å²) in [6.45, 7) is 0. The summed E-state index contributed by atoms with van der Waals surface area (Å²) >= 11 is 0. The van der Waals surface area contributed by atoms with Gasteiger partial charge in [0.1, 0.15) is 73.9 Å². The van der Waals surface area contributed by atoms with E-state index in [0.717, 1.165) is 21.9 Å². The van der Waals surface area contributed by atoms with Crippen LogP contribution in [0, 0.1) is 0 Å². The zero-order valence-corrected chi connectivity index (χ0v) is 28.0. The Balaban J connectivity index is 1.23. The van der Waals surface area contributed by atoms with Crippen LogP contribution in [0.15, 0.2) is 95.4 Å². The molecule has 8 rings (SSSR count). The van der Waals surface area contributed by atoms with Crippen molar-refractivity contribution in [1.29, 1.82) is 0 Å². The summed E-state index contributed by atoms with van der Waals surface area (Å²) < 4.78 is 8.59. The molecule has 2 aromatic heterocycles. The van der Waals surface area contributed by atoms with E-state index in [0.29, 0.717) is 0 Å². The molecule has 0 spiro atoms. The molecule has 0 aliphatic heterocycles. The van der Waals surface area contributed by atoms with Gasteiger partial charge in [0.15, 0.2) is 0 Å². The molecule has 0 aliphatic carbocycles. The fraction of sp³-hybridized carbons (Fsp3) is 0. The van der Waals surface area contributed by atoms with Gasteiger partial charge in [-0.2, -0.15) is 0 Å². The van der Waals surface area contributed by atoms with Crippen LogP contribution in [-0.2, 0) is 0 Å². The maximum Gasteiger partial charge on any atom is 0.141 e. The predicted molar refractivity (Wildman–Crippen MR) is 224 cm³/mol. The standard InChI is InChI=1S/C36H31B8NO/c37-27-25-26-28(38)30(40)32(42)34(44)36(26)45(35(25)33(43)31(41)29(27)39)20-12-9-17(10-13-20)16-5-7-18(8-6-16)19-11-14-24-22(15-19)21-3-1-2-4-23(21)46-24/h1-15H,37-44H2. The minimum Gasteiger partial charge on any atom is -0.456 e. The average Bonchev–Trinajstić information content (AvgIpc) is 3.64. The van der Waals surface area contributed by atoms with Gasteiger partial charge >= 0.3 is 0 Å². The smallest absolute Gasteiger partial charge is 0.141 e. The molecule has 0 saturated heterocycles. The second kappa shape index (κ2) is 10.5. The van der Waals surface area contributed by atoms with E-state index in [1.54, 1.807) is 0 Å². The van der Waals surface area contributed by atoms with Gasteiger partial charge in [0.05, 0.1) is 0 Å². The highest BCUT2D eigenvalue weighted by molar-refractivity contribution is 6.71. The highest BCUT2D eigenvalue weighted by Crippen LogP contribution is 2.34. The van der Waals surface area contributed by atoms with Crippen LogP contribution in [0.1, 0.15) is 0 Å². The molecule has 8 aromatic rings. The van der Waals surface area contributed by atoms with Crippen molar-refractivity contribution in [1.82, 2.24) is 4.57 Å². The van der Waals surface area contributed by atoms with Gasteiger partial charge in [-0.3, -0.25) is 0 Å². The van der Waals surface area contributed by atoms with Gasteiger partial charge in [0.25, 0.3) is 0 Å². The molecule has 0 saturated carbocycles. The van der Waals surface area contributed by atoms with Gasteiger partial charge in [0, 0.05) is 27.5 Å². The summed E-state index contributed by atoms with van der Waals surface area (Å²) in [7, 11) is 18.3. The largest absolute Gasteiger partial charge is 0.456 e. The molecule has 0 bridgehead atoms. The van der Waals surface area contributed by atoms with Gasteiger partial charge in [-0.1, -0.05) is 93.4 Å². The first-order chi connectivity index (χ1) is 22.2. The monoisotopic (exact) mass is 581 g/mol. The third kappa shape index (κ3) is 4.08. The fourth-order valence-electron chi connectivity index (χ4n) is 7.69. The Morgan fingerprint density at radius 2 is 0.826 bits per heavy atom. The number of benzene rings is 6. The molecule has 0 atom stereocenters. The molecular weight excluding hydrogens is 549 g/mol. The first-order valence-electron chi connectivity index (χ1n) is 16.3. The third-order valence-corrected chi connectivity index (χ3v) is 11.1. The van der Waals surface area contributed by atoms with Crippen molar-refractivity contribution in [3.63, 3.8) is 0 Å². The lowest BCUT2D eigenvalue weighted by Crippen LogP contribution is -2.49. The van der Waals surface area contributed by atoms with E-state index in [1.165, 1.54) is 93.4 Å². The molecule has 0 amide bonds. The lowest BCUT2D eigenvalue weighted by molar-refractivity contribution is 0.669. The van der Waals surface area contributed by atoms with Crippen LogP contribution in [0.2, 0.25) is 0 Å². The Bertz CT molecular complexity index is 2470. The maximum absolute atomic E-state index is 6.05. The number of aromatic nitrogens is 1. The predicted octanol–water partition coefficient (Wildman–Crippen LogP) is -3.92. The topological polar surface area (TPSA) is 18.1 Å². The number of hydrogen-bond donors (Lipinski definition) is 0. The van der Waals surface area contributed by atoms with Crippen molar-refractivity contribution in [2.75, 3.05) is 0 Å². The van der Waals surface area contributed by atoms with Crippen molar-refractivity contribution in [2.45, 2.75) is 0 Å². The minimum atomic E-state index is 0.927. The zero-order chi connectivity index (χ0) is 32.0. The quantitative estimate of drug-likeness (QED) is 0.196. The normalized spacial score (nSPS) is 11.7. The summed E-state index contributed by atoms with van der Waals surface area (Å²) in [5, 5.41) is 5.12. The van der Waals surface area contributed by atoms with E-state index in [1.807, 2.05) is 12.1 Å². The Kier molecular flexibility index (Phi) is 6.59.